The average Bonchev–Trinajstić information content (AvgIpc) is 2.07. The molecule has 0 spiro atoms. The first-order valence-corrected chi connectivity index (χ1v) is 3.62. The third-order valence-electron chi connectivity index (χ3n) is 1.56. The minimum atomic E-state index is 0.591. The van der Waals surface area contributed by atoms with Crippen LogP contribution in [0.15, 0.2) is 30.6 Å². The van der Waals surface area contributed by atoms with Gasteiger partial charge in [0.1, 0.15) is 0 Å². The lowest BCUT2D eigenvalue weighted by Gasteiger charge is -1.98. The van der Waals surface area contributed by atoms with Crippen LogP contribution in [0, 0.1) is 0 Å². The number of aromatic nitrogens is 1. The third-order valence-corrected chi connectivity index (χ3v) is 1.56. The van der Waals surface area contributed by atoms with Crippen LogP contribution in [0.4, 0.5) is 0 Å². The molecule has 1 aromatic heterocycles. The highest BCUT2D eigenvalue weighted by atomic mass is 14.6. The Morgan fingerprint density at radius 1 is 1.55 bits per heavy atom. The highest BCUT2D eigenvalue weighted by Crippen LogP contribution is 2.10. The monoisotopic (exact) mass is 148 g/mol. The van der Waals surface area contributed by atoms with Crippen molar-refractivity contribution in [2.24, 2.45) is 5.73 Å². The molecular weight excluding hydrogens is 136 g/mol. The van der Waals surface area contributed by atoms with Crippen LogP contribution in [0.1, 0.15) is 12.5 Å². The Kier molecular flexibility index (Phi) is 2.81. The van der Waals surface area contributed by atoms with Gasteiger partial charge in [-0.3, -0.25) is 4.98 Å². The van der Waals surface area contributed by atoms with Crippen molar-refractivity contribution in [1.82, 2.24) is 4.98 Å². The number of pyridine rings is 1. The van der Waals surface area contributed by atoms with Crippen molar-refractivity contribution in [3.05, 3.63) is 36.2 Å². The number of hydrogen-bond acceptors (Lipinski definition) is 2. The van der Waals surface area contributed by atoms with E-state index in [1.165, 1.54) is 11.1 Å². The Morgan fingerprint density at radius 3 is 2.73 bits per heavy atom. The number of rotatable bonds is 2. The molecule has 2 heteroatoms. The largest absolute Gasteiger partial charge is 0.327 e. The standard InChI is InChI=1S/C9H12N2/c1-8(2-5-10)9-3-6-11-7-4-9/h2-4,6-7H,5,10H2,1H3/b8-2-. The third kappa shape index (κ3) is 2.16. The van der Waals surface area contributed by atoms with Gasteiger partial charge in [-0.05, 0) is 30.2 Å². The van der Waals surface area contributed by atoms with E-state index >= 15 is 0 Å². The van der Waals surface area contributed by atoms with Gasteiger partial charge in [0.2, 0.25) is 0 Å². The summed E-state index contributed by atoms with van der Waals surface area (Å²) < 4.78 is 0. The van der Waals surface area contributed by atoms with Crippen LogP contribution >= 0.6 is 0 Å². The molecular formula is C9H12N2. The van der Waals surface area contributed by atoms with E-state index in [0.717, 1.165) is 0 Å². The van der Waals surface area contributed by atoms with Gasteiger partial charge in [0.15, 0.2) is 0 Å². The predicted octanol–water partition coefficient (Wildman–Crippen LogP) is 1.44. The van der Waals surface area contributed by atoms with Crippen molar-refractivity contribution in [2.45, 2.75) is 6.92 Å². The summed E-state index contributed by atoms with van der Waals surface area (Å²) in [4.78, 5) is 3.93. The lowest BCUT2D eigenvalue weighted by molar-refractivity contribution is 1.25. The Hall–Kier alpha value is -1.15. The zero-order valence-corrected chi connectivity index (χ0v) is 6.62. The van der Waals surface area contributed by atoms with Gasteiger partial charge in [-0.25, -0.2) is 0 Å². The van der Waals surface area contributed by atoms with E-state index in [9.17, 15) is 0 Å². The van der Waals surface area contributed by atoms with E-state index in [2.05, 4.69) is 4.98 Å². The first-order valence-electron chi connectivity index (χ1n) is 3.62. The maximum Gasteiger partial charge on any atom is 0.0273 e. The molecule has 0 amide bonds. The van der Waals surface area contributed by atoms with E-state index in [-0.39, 0.29) is 0 Å². The molecule has 0 aliphatic rings. The molecule has 0 aliphatic heterocycles. The van der Waals surface area contributed by atoms with E-state index in [0.29, 0.717) is 6.54 Å². The van der Waals surface area contributed by atoms with Gasteiger partial charge in [0.25, 0.3) is 0 Å². The van der Waals surface area contributed by atoms with Crippen molar-refractivity contribution < 1.29 is 0 Å². The van der Waals surface area contributed by atoms with Crippen LogP contribution in [-0.4, -0.2) is 11.5 Å². The molecule has 1 aromatic rings. The summed E-state index contributed by atoms with van der Waals surface area (Å²) in [6.07, 6.45) is 5.56. The van der Waals surface area contributed by atoms with Gasteiger partial charge in [0, 0.05) is 18.9 Å². The van der Waals surface area contributed by atoms with Gasteiger partial charge in [-0.2, -0.15) is 0 Å². The topological polar surface area (TPSA) is 38.9 Å². The highest BCUT2D eigenvalue weighted by Gasteiger charge is 1.90. The van der Waals surface area contributed by atoms with Crippen LogP contribution in [0.3, 0.4) is 0 Å². The zero-order valence-electron chi connectivity index (χ0n) is 6.62. The van der Waals surface area contributed by atoms with Crippen LogP contribution < -0.4 is 5.73 Å². The molecule has 11 heavy (non-hydrogen) atoms. The molecule has 2 N–H and O–H groups in total. The second-order valence-corrected chi connectivity index (χ2v) is 2.36. The van der Waals surface area contributed by atoms with Gasteiger partial charge in [-0.1, -0.05) is 6.08 Å². The minimum absolute atomic E-state index is 0.591. The summed E-state index contributed by atoms with van der Waals surface area (Å²) in [6, 6.07) is 3.95. The molecule has 2 nitrogen and oxygen atoms in total. The van der Waals surface area contributed by atoms with E-state index in [4.69, 9.17) is 5.73 Å². The van der Waals surface area contributed by atoms with Crippen molar-refractivity contribution in [2.75, 3.05) is 6.54 Å². The Labute approximate surface area is 66.8 Å². The fraction of sp³-hybridized carbons (Fsp3) is 0.222. The van der Waals surface area contributed by atoms with Crippen molar-refractivity contribution >= 4 is 5.57 Å². The quantitative estimate of drug-likeness (QED) is 0.689. The first kappa shape index (κ1) is 7.95. The minimum Gasteiger partial charge on any atom is -0.327 e. The van der Waals surface area contributed by atoms with Gasteiger partial charge >= 0.3 is 0 Å². The Bertz CT molecular complexity index is 239. The van der Waals surface area contributed by atoms with Crippen LogP contribution in [0.25, 0.3) is 5.57 Å². The van der Waals surface area contributed by atoms with E-state index in [1.807, 2.05) is 25.1 Å². The second kappa shape index (κ2) is 3.88. The van der Waals surface area contributed by atoms with E-state index in [1.54, 1.807) is 12.4 Å². The molecule has 1 heterocycles. The molecule has 0 unspecified atom stereocenters. The SMILES string of the molecule is C/C(=C/CN)c1ccncc1. The summed E-state index contributed by atoms with van der Waals surface area (Å²) in [5.41, 5.74) is 7.76. The number of hydrogen-bond donors (Lipinski definition) is 1. The summed E-state index contributed by atoms with van der Waals surface area (Å²) in [7, 11) is 0. The maximum atomic E-state index is 5.37. The summed E-state index contributed by atoms with van der Waals surface area (Å²) in [5, 5.41) is 0. The molecule has 0 fully saturated rings. The van der Waals surface area contributed by atoms with Gasteiger partial charge < -0.3 is 5.73 Å². The molecule has 0 aliphatic carbocycles. The number of nitrogens with zero attached hydrogens (tertiary/aromatic N) is 1. The van der Waals surface area contributed by atoms with Crippen molar-refractivity contribution in [3.8, 4) is 0 Å². The maximum absolute atomic E-state index is 5.37. The van der Waals surface area contributed by atoms with Crippen LogP contribution in [0.5, 0.6) is 0 Å². The molecule has 0 saturated carbocycles. The average molecular weight is 148 g/mol. The smallest absolute Gasteiger partial charge is 0.0273 e. The predicted molar refractivity (Wildman–Crippen MR) is 46.9 cm³/mol. The molecule has 0 atom stereocenters. The van der Waals surface area contributed by atoms with Crippen molar-refractivity contribution in [3.63, 3.8) is 0 Å². The van der Waals surface area contributed by atoms with Crippen molar-refractivity contribution in [1.29, 1.82) is 0 Å². The molecule has 0 radical (unpaired) electrons. The zero-order chi connectivity index (χ0) is 8.10. The summed E-state index contributed by atoms with van der Waals surface area (Å²) in [6.45, 7) is 2.64. The summed E-state index contributed by atoms with van der Waals surface area (Å²) >= 11 is 0. The second-order valence-electron chi connectivity index (χ2n) is 2.36. The number of nitrogens with two attached hydrogens (primary N) is 1. The molecule has 58 valence electrons. The molecule has 0 aromatic carbocycles. The molecule has 1 rings (SSSR count). The fourth-order valence-electron chi connectivity index (χ4n) is 0.909. The fourth-order valence-corrected chi connectivity index (χ4v) is 0.909. The Morgan fingerprint density at radius 2 is 2.18 bits per heavy atom. The van der Waals surface area contributed by atoms with E-state index < -0.39 is 0 Å². The summed E-state index contributed by atoms with van der Waals surface area (Å²) in [5.74, 6) is 0. The lowest BCUT2D eigenvalue weighted by atomic mass is 10.1. The number of allylic oxidation sites excluding steroid dienone is 1. The highest BCUT2D eigenvalue weighted by molar-refractivity contribution is 5.63. The lowest BCUT2D eigenvalue weighted by Crippen LogP contribution is -1.94. The molecule has 0 bridgehead atoms. The molecule has 0 saturated heterocycles. The van der Waals surface area contributed by atoms with Crippen LogP contribution in [-0.2, 0) is 0 Å². The first-order chi connectivity index (χ1) is 5.34. The van der Waals surface area contributed by atoms with Crippen LogP contribution in [0.2, 0.25) is 0 Å². The Balaban J connectivity index is 2.85. The normalized spacial score (nSPS) is 11.6. The van der Waals surface area contributed by atoms with Gasteiger partial charge in [-0.15, -0.1) is 0 Å². The van der Waals surface area contributed by atoms with Gasteiger partial charge in [0.05, 0.1) is 0 Å².